The Morgan fingerprint density at radius 1 is 0.882 bits per heavy atom. The van der Waals surface area contributed by atoms with Gasteiger partial charge in [0.05, 0.1) is 19.1 Å². The number of phenols is 1. The van der Waals surface area contributed by atoms with Gasteiger partial charge < -0.3 is 37.8 Å². The number of hydrogen-bond donors (Lipinski definition) is 7. The van der Waals surface area contributed by atoms with Crippen LogP contribution in [0, 0.1) is 5.92 Å². The van der Waals surface area contributed by atoms with Crippen molar-refractivity contribution in [2.45, 2.75) is 51.7 Å². The quantitative estimate of drug-likeness (QED) is 0.170. The predicted molar refractivity (Wildman–Crippen MR) is 124 cm³/mol. The first-order chi connectivity index (χ1) is 15.9. The second-order valence-electron chi connectivity index (χ2n) is 8.36. The maximum atomic E-state index is 12.3. The summed E-state index contributed by atoms with van der Waals surface area (Å²) in [5.74, 6) is -2.89. The molecule has 0 fully saturated rings. The largest absolute Gasteiger partial charge is 0.508 e. The summed E-state index contributed by atoms with van der Waals surface area (Å²) < 4.78 is 0. The number of aromatic hydroxyl groups is 1. The average molecular weight is 479 g/mol. The Bertz CT molecular complexity index is 873. The fraction of sp³-hybridized carbons (Fsp3) is 0.500. The van der Waals surface area contributed by atoms with Gasteiger partial charge in [0.15, 0.2) is 0 Å². The lowest BCUT2D eigenvalue weighted by molar-refractivity contribution is -0.132. The maximum Gasteiger partial charge on any atom is 0.243 e. The molecule has 12 nitrogen and oxygen atoms in total. The molecule has 0 saturated carbocycles. The highest BCUT2D eigenvalue weighted by atomic mass is 16.3. The monoisotopic (exact) mass is 478 g/mol. The molecule has 0 aliphatic heterocycles. The molecule has 0 heterocycles. The molecule has 1 aromatic carbocycles. The number of nitrogens with one attached hydrogen (secondary N) is 4. The van der Waals surface area contributed by atoms with Crippen LogP contribution in [0.4, 0.5) is 0 Å². The number of nitrogens with two attached hydrogens (primary N) is 2. The summed E-state index contributed by atoms with van der Waals surface area (Å²) in [6.45, 7) is 4.39. The number of carbonyl (C=O) groups excluding carboxylic acids is 5. The Hall–Kier alpha value is -3.67. The van der Waals surface area contributed by atoms with E-state index in [1.165, 1.54) is 19.1 Å². The van der Waals surface area contributed by atoms with E-state index in [-0.39, 0.29) is 24.6 Å². The van der Waals surface area contributed by atoms with Gasteiger partial charge in [-0.2, -0.15) is 0 Å². The van der Waals surface area contributed by atoms with Gasteiger partial charge in [0.25, 0.3) is 0 Å². The average Bonchev–Trinajstić information content (AvgIpc) is 2.76. The third-order valence-electron chi connectivity index (χ3n) is 4.70. The van der Waals surface area contributed by atoms with Gasteiger partial charge in [-0.1, -0.05) is 26.0 Å². The van der Waals surface area contributed by atoms with Crippen LogP contribution in [0.1, 0.15) is 32.8 Å². The Morgan fingerprint density at radius 2 is 1.47 bits per heavy atom. The summed E-state index contributed by atoms with van der Waals surface area (Å²) in [5, 5.41) is 19.0. The lowest BCUT2D eigenvalue weighted by Crippen LogP contribution is -2.54. The van der Waals surface area contributed by atoms with Crippen molar-refractivity contribution in [1.82, 2.24) is 21.3 Å². The Kier molecular flexibility index (Phi) is 11.5. The number of benzene rings is 1. The lowest BCUT2D eigenvalue weighted by atomic mass is 10.0. The van der Waals surface area contributed by atoms with Crippen molar-refractivity contribution in [3.8, 4) is 5.75 Å². The molecule has 0 aliphatic rings. The van der Waals surface area contributed by atoms with Crippen LogP contribution >= 0.6 is 0 Å². The normalized spacial score (nSPS) is 13.3. The Labute approximate surface area is 198 Å². The van der Waals surface area contributed by atoms with Crippen LogP contribution < -0.4 is 32.7 Å². The Balaban J connectivity index is 2.51. The summed E-state index contributed by atoms with van der Waals surface area (Å²) in [5.41, 5.74) is 11.6. The number of primary amides is 1. The van der Waals surface area contributed by atoms with Gasteiger partial charge in [0.2, 0.25) is 29.5 Å². The third kappa shape index (κ3) is 10.8. The van der Waals surface area contributed by atoms with Gasteiger partial charge in [-0.15, -0.1) is 0 Å². The van der Waals surface area contributed by atoms with Crippen LogP contribution in [-0.2, 0) is 30.4 Å². The van der Waals surface area contributed by atoms with Crippen LogP contribution in [-0.4, -0.2) is 65.9 Å². The molecule has 34 heavy (non-hydrogen) atoms. The van der Waals surface area contributed by atoms with Crippen LogP contribution in [0.3, 0.4) is 0 Å². The summed E-state index contributed by atoms with van der Waals surface area (Å²) in [7, 11) is 0. The zero-order valence-electron chi connectivity index (χ0n) is 19.6. The minimum Gasteiger partial charge on any atom is -0.508 e. The van der Waals surface area contributed by atoms with E-state index in [2.05, 4.69) is 21.3 Å². The number of carbonyl (C=O) groups is 5. The molecule has 188 valence electrons. The van der Waals surface area contributed by atoms with E-state index in [1.807, 2.05) is 13.8 Å². The van der Waals surface area contributed by atoms with Crippen molar-refractivity contribution in [3.63, 3.8) is 0 Å². The molecule has 5 amide bonds. The van der Waals surface area contributed by atoms with Gasteiger partial charge >= 0.3 is 0 Å². The van der Waals surface area contributed by atoms with Crippen LogP contribution in [0.2, 0.25) is 0 Å². The second kappa shape index (κ2) is 13.8. The van der Waals surface area contributed by atoms with E-state index in [1.54, 1.807) is 12.1 Å². The van der Waals surface area contributed by atoms with E-state index in [0.29, 0.717) is 6.42 Å². The first-order valence-electron chi connectivity index (χ1n) is 10.9. The van der Waals surface area contributed by atoms with E-state index in [4.69, 9.17) is 11.5 Å². The number of rotatable bonds is 13. The Morgan fingerprint density at radius 3 is 2.03 bits per heavy atom. The van der Waals surface area contributed by atoms with Crippen molar-refractivity contribution in [1.29, 1.82) is 0 Å². The van der Waals surface area contributed by atoms with Gasteiger partial charge in [-0.3, -0.25) is 24.0 Å². The first kappa shape index (κ1) is 28.4. The molecule has 0 radical (unpaired) electrons. The molecule has 3 atom stereocenters. The molecule has 0 aliphatic carbocycles. The standard InChI is InChI=1S/C22H34N6O6/c1-12(2)8-17(22(34)25-10-18(24)30)28-19(31)11-26-20(32)13(3)27-21(33)16(23)9-14-4-6-15(29)7-5-14/h4-7,12-13,16-17,29H,8-11,23H2,1-3H3,(H2,24,30)(H,25,34)(H,26,32)(H,27,33)(H,28,31)/t13-,16+,17+/m1/s1. The van der Waals surface area contributed by atoms with Crippen LogP contribution in [0.25, 0.3) is 0 Å². The molecule has 0 bridgehead atoms. The summed E-state index contributed by atoms with van der Waals surface area (Å²) in [6, 6.07) is 3.45. The topological polar surface area (TPSA) is 206 Å². The fourth-order valence-electron chi connectivity index (χ4n) is 2.93. The predicted octanol–water partition coefficient (Wildman–Crippen LogP) is -1.98. The van der Waals surface area contributed by atoms with E-state index in [0.717, 1.165) is 5.56 Å². The smallest absolute Gasteiger partial charge is 0.243 e. The molecule has 12 heteroatoms. The molecule has 0 saturated heterocycles. The van der Waals surface area contributed by atoms with Gasteiger partial charge in [-0.25, -0.2) is 0 Å². The van der Waals surface area contributed by atoms with Crippen molar-refractivity contribution >= 4 is 29.5 Å². The number of hydrogen-bond acceptors (Lipinski definition) is 7. The van der Waals surface area contributed by atoms with Crippen molar-refractivity contribution < 1.29 is 29.1 Å². The molecule has 1 rings (SSSR count). The SMILES string of the molecule is CC(C)C[C@H](NC(=O)CNC(=O)[C@@H](C)NC(=O)[C@@H](N)Cc1ccc(O)cc1)C(=O)NCC(N)=O. The molecular formula is C22H34N6O6. The molecule has 0 spiro atoms. The van der Waals surface area contributed by atoms with E-state index < -0.39 is 54.2 Å². The molecule has 0 unspecified atom stereocenters. The highest BCUT2D eigenvalue weighted by Crippen LogP contribution is 2.11. The summed E-state index contributed by atoms with van der Waals surface area (Å²) in [6.07, 6.45) is 0.521. The van der Waals surface area contributed by atoms with Gasteiger partial charge in [0, 0.05) is 0 Å². The molecular weight excluding hydrogens is 444 g/mol. The summed E-state index contributed by atoms with van der Waals surface area (Å²) >= 11 is 0. The highest BCUT2D eigenvalue weighted by Gasteiger charge is 2.24. The third-order valence-corrected chi connectivity index (χ3v) is 4.70. The summed E-state index contributed by atoms with van der Waals surface area (Å²) in [4.78, 5) is 59.9. The zero-order valence-corrected chi connectivity index (χ0v) is 19.6. The van der Waals surface area contributed by atoms with Gasteiger partial charge in [-0.05, 0) is 43.4 Å². The van der Waals surface area contributed by atoms with Crippen molar-refractivity contribution in [3.05, 3.63) is 29.8 Å². The number of phenolic OH excluding ortho intramolecular Hbond substituents is 1. The fourth-order valence-corrected chi connectivity index (χ4v) is 2.93. The van der Waals surface area contributed by atoms with Crippen molar-refractivity contribution in [2.24, 2.45) is 17.4 Å². The molecule has 0 aromatic heterocycles. The first-order valence-corrected chi connectivity index (χ1v) is 10.9. The zero-order chi connectivity index (χ0) is 25.8. The minimum absolute atomic E-state index is 0.0697. The second-order valence-corrected chi connectivity index (χ2v) is 8.36. The molecule has 9 N–H and O–H groups in total. The number of amides is 5. The van der Waals surface area contributed by atoms with Gasteiger partial charge in [0.1, 0.15) is 17.8 Å². The molecule has 1 aromatic rings. The van der Waals surface area contributed by atoms with Crippen molar-refractivity contribution in [2.75, 3.05) is 13.1 Å². The maximum absolute atomic E-state index is 12.3. The minimum atomic E-state index is -0.962. The lowest BCUT2D eigenvalue weighted by Gasteiger charge is -2.21. The highest BCUT2D eigenvalue weighted by molar-refractivity contribution is 5.93. The van der Waals surface area contributed by atoms with Crippen LogP contribution in [0.15, 0.2) is 24.3 Å². The van der Waals surface area contributed by atoms with E-state index in [9.17, 15) is 29.1 Å². The van der Waals surface area contributed by atoms with E-state index >= 15 is 0 Å². The van der Waals surface area contributed by atoms with Crippen LogP contribution in [0.5, 0.6) is 5.75 Å².